The summed E-state index contributed by atoms with van der Waals surface area (Å²) in [5.41, 5.74) is 3.17. The van der Waals surface area contributed by atoms with Gasteiger partial charge in [0.2, 0.25) is 0 Å². The second-order valence-electron chi connectivity index (χ2n) is 4.51. The second kappa shape index (κ2) is 13.9. The van der Waals surface area contributed by atoms with Crippen molar-refractivity contribution in [1.82, 2.24) is 10.6 Å². The lowest BCUT2D eigenvalue weighted by molar-refractivity contribution is -0.192. The van der Waals surface area contributed by atoms with Crippen molar-refractivity contribution in [1.29, 1.82) is 0 Å². The molecule has 0 spiro atoms. The first-order chi connectivity index (χ1) is 8.35. The molecule has 3 nitrogen and oxygen atoms in total. The molecule has 0 heterocycles. The van der Waals surface area contributed by atoms with E-state index in [-0.39, 0.29) is 0 Å². The molecule has 0 unspecified atom stereocenters. The van der Waals surface area contributed by atoms with Crippen LogP contribution in [0.4, 0.5) is 0 Å². The maximum absolute atomic E-state index is 5.60. The van der Waals surface area contributed by atoms with E-state index in [2.05, 4.69) is 26.2 Å². The summed E-state index contributed by atoms with van der Waals surface area (Å²) in [6, 6.07) is 0. The summed E-state index contributed by atoms with van der Waals surface area (Å²) in [6.07, 6.45) is 10.8. The quantitative estimate of drug-likeness (QED) is 0.393. The van der Waals surface area contributed by atoms with Crippen molar-refractivity contribution in [3.8, 4) is 0 Å². The van der Waals surface area contributed by atoms with Crippen LogP contribution in [-0.4, -0.2) is 24.9 Å². The maximum atomic E-state index is 5.60. The van der Waals surface area contributed by atoms with Crippen LogP contribution in [-0.2, 0) is 4.84 Å². The Bertz CT molecular complexity index is 142. The summed E-state index contributed by atoms with van der Waals surface area (Å²) in [4.78, 5) is 5.60. The first-order valence-electron chi connectivity index (χ1n) is 7.49. The molecule has 17 heavy (non-hydrogen) atoms. The second-order valence-corrected chi connectivity index (χ2v) is 4.51. The Hall–Kier alpha value is -0.120. The molecule has 1 N–H and O–H groups in total. The number of hydrogen-bond acceptors (Lipinski definition) is 3. The Morgan fingerprint density at radius 1 is 0.824 bits per heavy atom. The van der Waals surface area contributed by atoms with E-state index in [1.54, 1.807) is 0 Å². The molecule has 104 valence electrons. The number of hydrogen-bond donors (Lipinski definition) is 1. The van der Waals surface area contributed by atoms with Crippen LogP contribution >= 0.6 is 0 Å². The van der Waals surface area contributed by atoms with Gasteiger partial charge in [0.1, 0.15) is 0 Å². The van der Waals surface area contributed by atoms with Gasteiger partial charge < -0.3 is 0 Å². The third-order valence-corrected chi connectivity index (χ3v) is 2.87. The standard InChI is InChI=1S/C14H32N2O/c1-4-7-8-9-10-11-12-13-14-17-16(6-3)15-5-2/h15H,4-14H2,1-3H3. The van der Waals surface area contributed by atoms with Crippen LogP contribution in [0.3, 0.4) is 0 Å². The fourth-order valence-corrected chi connectivity index (χ4v) is 1.84. The Morgan fingerprint density at radius 2 is 1.41 bits per heavy atom. The fourth-order valence-electron chi connectivity index (χ4n) is 1.84. The van der Waals surface area contributed by atoms with Crippen LogP contribution < -0.4 is 5.43 Å². The highest BCUT2D eigenvalue weighted by Crippen LogP contribution is 2.08. The fraction of sp³-hybridized carbons (Fsp3) is 1.00. The molecule has 0 aliphatic carbocycles. The number of hydroxylamine groups is 1. The predicted octanol–water partition coefficient (Wildman–Crippen LogP) is 3.91. The molecule has 0 saturated carbocycles. The van der Waals surface area contributed by atoms with Gasteiger partial charge in [-0.25, -0.2) is 5.43 Å². The van der Waals surface area contributed by atoms with Gasteiger partial charge in [-0.15, -0.1) is 5.17 Å². The average Bonchev–Trinajstić information content (AvgIpc) is 2.35. The summed E-state index contributed by atoms with van der Waals surface area (Å²) in [5.74, 6) is 0. The monoisotopic (exact) mass is 244 g/mol. The van der Waals surface area contributed by atoms with Crippen molar-refractivity contribution in [3.63, 3.8) is 0 Å². The van der Waals surface area contributed by atoms with Crippen molar-refractivity contribution in [2.45, 2.75) is 72.1 Å². The van der Waals surface area contributed by atoms with Crippen LogP contribution in [0.1, 0.15) is 72.1 Å². The van der Waals surface area contributed by atoms with Crippen LogP contribution in [0.15, 0.2) is 0 Å². The first-order valence-corrected chi connectivity index (χ1v) is 7.49. The number of nitrogens with one attached hydrogen (secondary N) is 1. The molecule has 0 rings (SSSR count). The van der Waals surface area contributed by atoms with Crippen molar-refractivity contribution in [2.24, 2.45) is 0 Å². The smallest absolute Gasteiger partial charge is 0.0701 e. The minimum absolute atomic E-state index is 0.843. The van der Waals surface area contributed by atoms with E-state index in [0.29, 0.717) is 0 Å². The van der Waals surface area contributed by atoms with Gasteiger partial charge in [0.25, 0.3) is 0 Å². The minimum Gasteiger partial charge on any atom is -0.284 e. The zero-order valence-corrected chi connectivity index (χ0v) is 12.1. The van der Waals surface area contributed by atoms with Crippen molar-refractivity contribution >= 4 is 0 Å². The molecule has 0 amide bonds. The Balaban J connectivity index is 3.11. The van der Waals surface area contributed by atoms with E-state index >= 15 is 0 Å². The van der Waals surface area contributed by atoms with E-state index in [4.69, 9.17) is 4.84 Å². The van der Waals surface area contributed by atoms with Gasteiger partial charge in [-0.2, -0.15) is 0 Å². The molecule has 0 aliphatic rings. The van der Waals surface area contributed by atoms with E-state index in [1.165, 1.54) is 51.4 Å². The third-order valence-electron chi connectivity index (χ3n) is 2.87. The summed E-state index contributed by atoms with van der Waals surface area (Å²) < 4.78 is 0. The number of hydrazine groups is 1. The Labute approximate surface area is 108 Å². The number of unbranched alkanes of at least 4 members (excludes halogenated alkanes) is 7. The van der Waals surface area contributed by atoms with Crippen LogP contribution in [0.25, 0.3) is 0 Å². The number of nitrogens with zero attached hydrogens (tertiary/aromatic N) is 1. The first kappa shape index (κ1) is 16.9. The Morgan fingerprint density at radius 3 is 1.94 bits per heavy atom. The van der Waals surface area contributed by atoms with Gasteiger partial charge in [0.05, 0.1) is 6.61 Å². The van der Waals surface area contributed by atoms with E-state index in [9.17, 15) is 0 Å². The lowest BCUT2D eigenvalue weighted by atomic mass is 10.1. The Kier molecular flexibility index (Phi) is 13.8. The third kappa shape index (κ3) is 12.1. The van der Waals surface area contributed by atoms with Crippen LogP contribution in [0.5, 0.6) is 0 Å². The summed E-state index contributed by atoms with van der Waals surface area (Å²) in [5, 5.41) is 1.83. The molecule has 0 aliphatic heterocycles. The SMILES string of the molecule is CCCCCCCCCCON(CC)NCC. The molecule has 0 aromatic carbocycles. The zero-order chi connectivity index (χ0) is 12.8. The van der Waals surface area contributed by atoms with Gasteiger partial charge in [-0.05, 0) is 13.3 Å². The molecule has 0 fully saturated rings. The van der Waals surface area contributed by atoms with Gasteiger partial charge in [-0.1, -0.05) is 58.8 Å². The normalized spacial score (nSPS) is 11.3. The van der Waals surface area contributed by atoms with Crippen molar-refractivity contribution in [2.75, 3.05) is 19.7 Å². The molecular weight excluding hydrogens is 212 g/mol. The zero-order valence-electron chi connectivity index (χ0n) is 12.1. The van der Waals surface area contributed by atoms with Crippen LogP contribution in [0.2, 0.25) is 0 Å². The van der Waals surface area contributed by atoms with E-state index < -0.39 is 0 Å². The molecule has 0 radical (unpaired) electrons. The van der Waals surface area contributed by atoms with E-state index in [0.717, 1.165) is 19.7 Å². The maximum Gasteiger partial charge on any atom is 0.0701 e. The van der Waals surface area contributed by atoms with Crippen LogP contribution in [0, 0.1) is 0 Å². The largest absolute Gasteiger partial charge is 0.284 e. The lowest BCUT2D eigenvalue weighted by Gasteiger charge is -2.19. The minimum atomic E-state index is 0.843. The number of rotatable bonds is 13. The predicted molar refractivity (Wildman–Crippen MR) is 74.6 cm³/mol. The van der Waals surface area contributed by atoms with E-state index in [1.807, 2.05) is 5.17 Å². The molecule has 0 bridgehead atoms. The van der Waals surface area contributed by atoms with Gasteiger partial charge in [0.15, 0.2) is 0 Å². The topological polar surface area (TPSA) is 24.5 Å². The van der Waals surface area contributed by atoms with Crippen molar-refractivity contribution < 1.29 is 4.84 Å². The van der Waals surface area contributed by atoms with Crippen molar-refractivity contribution in [3.05, 3.63) is 0 Å². The van der Waals surface area contributed by atoms with Gasteiger partial charge in [-0.3, -0.25) is 4.84 Å². The molecular formula is C14H32N2O. The summed E-state index contributed by atoms with van der Waals surface area (Å²) in [6.45, 7) is 9.10. The molecule has 3 heteroatoms. The summed E-state index contributed by atoms with van der Waals surface area (Å²) >= 11 is 0. The van der Waals surface area contributed by atoms with Gasteiger partial charge in [0, 0.05) is 13.1 Å². The average molecular weight is 244 g/mol. The highest BCUT2D eigenvalue weighted by atomic mass is 16.7. The highest BCUT2D eigenvalue weighted by Gasteiger charge is 1.99. The molecule has 0 aromatic heterocycles. The molecule has 0 aromatic rings. The molecule has 0 saturated heterocycles. The lowest BCUT2D eigenvalue weighted by Crippen LogP contribution is -2.37. The van der Waals surface area contributed by atoms with Gasteiger partial charge >= 0.3 is 0 Å². The highest BCUT2D eigenvalue weighted by molar-refractivity contribution is 4.45. The molecule has 0 atom stereocenters. The summed E-state index contributed by atoms with van der Waals surface area (Å²) in [7, 11) is 0.